The maximum Gasteiger partial charge on any atom is 0.322 e. The van der Waals surface area contributed by atoms with Crippen molar-refractivity contribution in [1.29, 1.82) is 0 Å². The van der Waals surface area contributed by atoms with Gasteiger partial charge in [-0.15, -0.1) is 0 Å². The molecule has 0 saturated carbocycles. The third-order valence-corrected chi connectivity index (χ3v) is 6.04. The third-order valence-electron chi connectivity index (χ3n) is 6.04. The van der Waals surface area contributed by atoms with Gasteiger partial charge in [0.15, 0.2) is 0 Å². The lowest BCUT2D eigenvalue weighted by atomic mass is 9.91. The predicted molar refractivity (Wildman–Crippen MR) is 115 cm³/mol. The van der Waals surface area contributed by atoms with Crippen LogP contribution in [0.5, 0.6) is 0 Å². The number of urea groups is 1. The maximum absolute atomic E-state index is 12.8. The average molecular weight is 406 g/mol. The van der Waals surface area contributed by atoms with E-state index in [1.165, 1.54) is 11.1 Å². The van der Waals surface area contributed by atoms with E-state index in [0.29, 0.717) is 19.5 Å². The van der Waals surface area contributed by atoms with Gasteiger partial charge in [0.25, 0.3) is 5.91 Å². The molecule has 1 unspecified atom stereocenters. The van der Waals surface area contributed by atoms with Crippen LogP contribution in [0.3, 0.4) is 0 Å². The first-order chi connectivity index (χ1) is 14.5. The molecule has 2 aliphatic rings. The average Bonchev–Trinajstić information content (AvgIpc) is 3.07. The van der Waals surface area contributed by atoms with Crippen LogP contribution < -0.4 is 15.5 Å². The molecule has 2 aliphatic heterocycles. The summed E-state index contributed by atoms with van der Waals surface area (Å²) in [5.41, 5.74) is 2.37. The number of piperazine rings is 1. The molecule has 7 nitrogen and oxygen atoms in total. The van der Waals surface area contributed by atoms with E-state index in [2.05, 4.69) is 51.9 Å². The first-order valence-corrected chi connectivity index (χ1v) is 10.3. The Hall–Kier alpha value is -3.35. The van der Waals surface area contributed by atoms with E-state index in [1.54, 1.807) is 11.8 Å². The van der Waals surface area contributed by atoms with E-state index >= 15 is 0 Å². The van der Waals surface area contributed by atoms with Gasteiger partial charge in [-0.1, -0.05) is 49.4 Å². The largest absolute Gasteiger partial charge is 0.368 e. The normalized spacial score (nSPS) is 21.4. The molecule has 2 aromatic rings. The summed E-state index contributed by atoms with van der Waals surface area (Å²) < 4.78 is 0. The molecule has 4 amide bonds. The summed E-state index contributed by atoms with van der Waals surface area (Å²) in [6, 6.07) is 18.2. The summed E-state index contributed by atoms with van der Waals surface area (Å²) in [4.78, 5) is 40.5. The van der Waals surface area contributed by atoms with Gasteiger partial charge in [0.1, 0.15) is 5.54 Å². The van der Waals surface area contributed by atoms with Gasteiger partial charge < -0.3 is 15.1 Å². The van der Waals surface area contributed by atoms with Crippen molar-refractivity contribution in [3.8, 4) is 11.1 Å². The second kappa shape index (κ2) is 8.18. The summed E-state index contributed by atoms with van der Waals surface area (Å²) in [7, 11) is 0. The third kappa shape index (κ3) is 3.87. The second-order valence-electron chi connectivity index (χ2n) is 7.80. The number of benzene rings is 2. The Bertz CT molecular complexity index is 937. The number of anilines is 1. The summed E-state index contributed by atoms with van der Waals surface area (Å²) in [5, 5.41) is 4.88. The fourth-order valence-corrected chi connectivity index (χ4v) is 4.11. The van der Waals surface area contributed by atoms with E-state index in [1.807, 2.05) is 18.2 Å². The van der Waals surface area contributed by atoms with Crippen molar-refractivity contribution in [2.24, 2.45) is 0 Å². The molecule has 0 spiro atoms. The van der Waals surface area contributed by atoms with Gasteiger partial charge in [0.05, 0.1) is 6.42 Å². The van der Waals surface area contributed by atoms with Crippen molar-refractivity contribution >= 4 is 23.5 Å². The van der Waals surface area contributed by atoms with Crippen LogP contribution in [0.15, 0.2) is 54.6 Å². The fraction of sp³-hybridized carbons (Fsp3) is 0.348. The van der Waals surface area contributed by atoms with Crippen molar-refractivity contribution in [3.63, 3.8) is 0 Å². The minimum Gasteiger partial charge on any atom is -0.368 e. The number of amides is 4. The molecule has 7 heteroatoms. The fourth-order valence-electron chi connectivity index (χ4n) is 4.11. The van der Waals surface area contributed by atoms with E-state index in [0.717, 1.165) is 18.8 Å². The smallest absolute Gasteiger partial charge is 0.322 e. The molecular formula is C23H26N4O3. The minimum atomic E-state index is -1.13. The number of carbonyl (C=O) groups is 3. The molecule has 2 saturated heterocycles. The van der Waals surface area contributed by atoms with Gasteiger partial charge in [-0.3, -0.25) is 14.9 Å². The molecule has 2 fully saturated rings. The summed E-state index contributed by atoms with van der Waals surface area (Å²) >= 11 is 0. The van der Waals surface area contributed by atoms with Crippen LogP contribution in [0, 0.1) is 0 Å². The maximum atomic E-state index is 12.8. The first kappa shape index (κ1) is 19.9. The molecule has 2 aromatic carbocycles. The van der Waals surface area contributed by atoms with Crippen molar-refractivity contribution in [2.45, 2.75) is 25.3 Å². The Morgan fingerprint density at radius 3 is 2.13 bits per heavy atom. The number of carbonyl (C=O) groups excluding carboxylic acids is 3. The van der Waals surface area contributed by atoms with Gasteiger partial charge in [-0.05, 0) is 29.7 Å². The van der Waals surface area contributed by atoms with Crippen molar-refractivity contribution in [2.75, 3.05) is 31.1 Å². The van der Waals surface area contributed by atoms with Crippen molar-refractivity contribution < 1.29 is 14.4 Å². The highest BCUT2D eigenvalue weighted by atomic mass is 16.2. The van der Waals surface area contributed by atoms with Crippen LogP contribution in [0.4, 0.5) is 10.5 Å². The highest BCUT2D eigenvalue weighted by Gasteiger charge is 2.47. The van der Waals surface area contributed by atoms with E-state index in [9.17, 15) is 14.4 Å². The quantitative estimate of drug-likeness (QED) is 0.747. The second-order valence-corrected chi connectivity index (χ2v) is 7.80. The molecule has 0 radical (unpaired) electrons. The van der Waals surface area contributed by atoms with Crippen LogP contribution in [0.2, 0.25) is 0 Å². The molecule has 0 aromatic heterocycles. The summed E-state index contributed by atoms with van der Waals surface area (Å²) in [6.07, 6.45) is 0.372. The molecule has 2 N–H and O–H groups in total. The van der Waals surface area contributed by atoms with Gasteiger partial charge in [0.2, 0.25) is 5.91 Å². The standard InChI is InChI=1S/C23H26N4O3/c1-2-23(21(29)24-22(30)25-23)16-20(28)27-14-12-26(13-15-27)19-10-8-18(9-11-19)17-6-4-3-5-7-17/h3-11H,2,12-16H2,1H3,(H2,24,25,29,30). The van der Waals surface area contributed by atoms with E-state index in [4.69, 9.17) is 0 Å². The van der Waals surface area contributed by atoms with Crippen LogP contribution in [-0.2, 0) is 9.59 Å². The Morgan fingerprint density at radius 1 is 0.933 bits per heavy atom. The number of imide groups is 1. The molecule has 0 bridgehead atoms. The molecule has 0 aliphatic carbocycles. The molecule has 1 atom stereocenters. The number of nitrogens with one attached hydrogen (secondary N) is 2. The Balaban J connectivity index is 1.35. The number of hydrogen-bond donors (Lipinski definition) is 2. The number of nitrogens with zero attached hydrogens (tertiary/aromatic N) is 2. The lowest BCUT2D eigenvalue weighted by Gasteiger charge is -2.37. The highest BCUT2D eigenvalue weighted by molar-refractivity contribution is 6.08. The summed E-state index contributed by atoms with van der Waals surface area (Å²) in [6.45, 7) is 4.45. The number of hydrogen-bond acceptors (Lipinski definition) is 4. The zero-order chi connectivity index (χ0) is 21.1. The van der Waals surface area contributed by atoms with Gasteiger partial charge in [-0.2, -0.15) is 0 Å². The SMILES string of the molecule is CCC1(CC(=O)N2CCN(c3ccc(-c4ccccc4)cc3)CC2)NC(=O)NC1=O. The lowest BCUT2D eigenvalue weighted by Crippen LogP contribution is -2.54. The zero-order valence-electron chi connectivity index (χ0n) is 17.1. The van der Waals surface area contributed by atoms with E-state index < -0.39 is 17.5 Å². The topological polar surface area (TPSA) is 81.8 Å². The molecule has 30 heavy (non-hydrogen) atoms. The van der Waals surface area contributed by atoms with Crippen LogP contribution in [0.1, 0.15) is 19.8 Å². The molecule has 2 heterocycles. The predicted octanol–water partition coefficient (Wildman–Crippen LogP) is 2.38. The molecule has 4 rings (SSSR count). The first-order valence-electron chi connectivity index (χ1n) is 10.3. The number of rotatable bonds is 5. The highest BCUT2D eigenvalue weighted by Crippen LogP contribution is 2.25. The Labute approximate surface area is 176 Å². The van der Waals surface area contributed by atoms with Gasteiger partial charge in [-0.25, -0.2) is 4.79 Å². The van der Waals surface area contributed by atoms with Crippen molar-refractivity contribution in [1.82, 2.24) is 15.5 Å². The molecular weight excluding hydrogens is 380 g/mol. The summed E-state index contributed by atoms with van der Waals surface area (Å²) in [5.74, 6) is -0.520. The van der Waals surface area contributed by atoms with Gasteiger partial charge in [0, 0.05) is 31.9 Å². The van der Waals surface area contributed by atoms with E-state index in [-0.39, 0.29) is 12.3 Å². The molecule has 156 valence electrons. The van der Waals surface area contributed by atoms with Crippen LogP contribution in [-0.4, -0.2) is 54.5 Å². The minimum absolute atomic E-state index is 0.00710. The lowest BCUT2D eigenvalue weighted by molar-refractivity contribution is -0.136. The van der Waals surface area contributed by atoms with Gasteiger partial charge >= 0.3 is 6.03 Å². The Kier molecular flexibility index (Phi) is 5.44. The van der Waals surface area contributed by atoms with Crippen molar-refractivity contribution in [3.05, 3.63) is 54.6 Å². The van der Waals surface area contributed by atoms with Crippen LogP contribution in [0.25, 0.3) is 11.1 Å². The monoisotopic (exact) mass is 406 g/mol. The van der Waals surface area contributed by atoms with Crippen LogP contribution >= 0.6 is 0 Å². The Morgan fingerprint density at radius 2 is 1.57 bits per heavy atom. The zero-order valence-corrected chi connectivity index (χ0v) is 17.1.